The zero-order valence-corrected chi connectivity index (χ0v) is 19.9. The fourth-order valence-corrected chi connectivity index (χ4v) is 3.97. The Morgan fingerprint density at radius 3 is 2.55 bits per heavy atom. The number of carbonyl (C=O) groups is 2. The van der Waals surface area contributed by atoms with E-state index in [0.717, 1.165) is 31.4 Å². The minimum atomic E-state index is -0.827. The Hall–Kier alpha value is -2.71. The van der Waals surface area contributed by atoms with Crippen LogP contribution >= 0.6 is 0 Å². The number of amides is 2. The van der Waals surface area contributed by atoms with E-state index in [0.29, 0.717) is 18.7 Å². The lowest BCUT2D eigenvalue weighted by Crippen LogP contribution is -2.52. The number of benzene rings is 1. The van der Waals surface area contributed by atoms with Crippen molar-refractivity contribution in [3.63, 3.8) is 0 Å². The van der Waals surface area contributed by atoms with Crippen molar-refractivity contribution in [2.45, 2.75) is 57.0 Å². The molecule has 1 aliphatic heterocycles. The lowest BCUT2D eigenvalue weighted by Gasteiger charge is -2.21. The summed E-state index contributed by atoms with van der Waals surface area (Å²) in [6.07, 6.45) is 8.05. The van der Waals surface area contributed by atoms with Crippen LogP contribution in [0.1, 0.15) is 44.1 Å². The molecule has 2 amide bonds. The number of nitrogens with zero attached hydrogens (tertiary/aromatic N) is 2. The second kappa shape index (κ2) is 15.2. The number of likely N-dealkylation sites (tertiary alicyclic amines) is 1. The fourth-order valence-electron chi connectivity index (χ4n) is 3.97. The third kappa shape index (κ3) is 10.2. The molecule has 182 valence electrons. The van der Waals surface area contributed by atoms with Crippen molar-refractivity contribution in [2.24, 2.45) is 10.7 Å². The van der Waals surface area contributed by atoms with Crippen molar-refractivity contribution >= 4 is 18.5 Å². The highest BCUT2D eigenvalue weighted by molar-refractivity contribution is 5.90. The monoisotopic (exact) mass is 456 g/mol. The number of hydrogen-bond acceptors (Lipinski definition) is 6. The Kier molecular flexibility index (Phi) is 12.2. The Balaban J connectivity index is 1.85. The number of nitrogens with one attached hydrogen (secondary N) is 3. The van der Waals surface area contributed by atoms with Crippen molar-refractivity contribution in [3.05, 3.63) is 47.8 Å². The van der Waals surface area contributed by atoms with Crippen LogP contribution in [0, 0.1) is 0 Å². The fraction of sp³-hybridized carbons (Fsp3) is 0.560. The first-order valence-electron chi connectivity index (χ1n) is 12.0. The van der Waals surface area contributed by atoms with Crippen LogP contribution in [0.4, 0.5) is 0 Å². The van der Waals surface area contributed by atoms with Crippen LogP contribution in [0.15, 0.2) is 47.2 Å². The van der Waals surface area contributed by atoms with E-state index in [1.807, 2.05) is 30.3 Å². The lowest BCUT2D eigenvalue weighted by molar-refractivity contribution is -0.129. The molecule has 0 spiro atoms. The largest absolute Gasteiger partial charge is 0.393 e. The summed E-state index contributed by atoms with van der Waals surface area (Å²) in [7, 11) is 1.74. The average molecular weight is 457 g/mol. The summed E-state index contributed by atoms with van der Waals surface area (Å²) in [5, 5.41) is 8.68. The first kappa shape index (κ1) is 26.5. The molecule has 2 atom stereocenters. The van der Waals surface area contributed by atoms with E-state index in [-0.39, 0.29) is 18.2 Å². The molecule has 1 aromatic rings. The van der Waals surface area contributed by atoms with E-state index in [2.05, 4.69) is 32.6 Å². The third-order valence-corrected chi connectivity index (χ3v) is 5.84. The van der Waals surface area contributed by atoms with Gasteiger partial charge in [0, 0.05) is 32.6 Å². The SMILES string of the molecule is C=N/C(=C\NC)C[C@H](N)C(=O)N[C@@H](Cc1ccccc1)C(=O)NCCCCCN1CCCC1. The van der Waals surface area contributed by atoms with Gasteiger partial charge < -0.3 is 26.6 Å². The number of hydrogen-bond donors (Lipinski definition) is 4. The molecule has 5 N–H and O–H groups in total. The average Bonchev–Trinajstić information content (AvgIpc) is 3.34. The molecule has 1 fully saturated rings. The Morgan fingerprint density at radius 2 is 1.88 bits per heavy atom. The molecule has 1 aromatic carbocycles. The van der Waals surface area contributed by atoms with Gasteiger partial charge in [-0.2, -0.15) is 0 Å². The molecule has 1 aliphatic rings. The summed E-state index contributed by atoms with van der Waals surface area (Å²) in [5.74, 6) is -0.575. The molecule has 33 heavy (non-hydrogen) atoms. The first-order valence-corrected chi connectivity index (χ1v) is 12.0. The van der Waals surface area contributed by atoms with Crippen molar-refractivity contribution in [3.8, 4) is 0 Å². The Bertz CT molecular complexity index is 761. The number of aliphatic imine (C=N–C) groups is 1. The molecule has 0 unspecified atom stereocenters. The molecular formula is C25H40N6O2. The molecule has 0 radical (unpaired) electrons. The zero-order valence-electron chi connectivity index (χ0n) is 19.9. The topological polar surface area (TPSA) is 112 Å². The second-order valence-electron chi connectivity index (χ2n) is 8.54. The smallest absolute Gasteiger partial charge is 0.242 e. The van der Waals surface area contributed by atoms with Gasteiger partial charge in [-0.15, -0.1) is 0 Å². The molecule has 8 nitrogen and oxygen atoms in total. The summed E-state index contributed by atoms with van der Waals surface area (Å²) in [6, 6.07) is 8.13. The molecule has 1 heterocycles. The van der Waals surface area contributed by atoms with E-state index in [9.17, 15) is 9.59 Å². The summed E-state index contributed by atoms with van der Waals surface area (Å²) in [6.45, 7) is 7.68. The Labute approximate surface area is 198 Å². The maximum absolute atomic E-state index is 12.9. The van der Waals surface area contributed by atoms with Crippen LogP contribution in [0.2, 0.25) is 0 Å². The van der Waals surface area contributed by atoms with Crippen molar-refractivity contribution < 1.29 is 9.59 Å². The van der Waals surface area contributed by atoms with Crippen molar-refractivity contribution in [2.75, 3.05) is 33.2 Å². The van der Waals surface area contributed by atoms with E-state index in [1.54, 1.807) is 13.2 Å². The van der Waals surface area contributed by atoms with Crippen LogP contribution in [0.5, 0.6) is 0 Å². The van der Waals surface area contributed by atoms with Gasteiger partial charge in [0.05, 0.1) is 11.7 Å². The van der Waals surface area contributed by atoms with E-state index in [4.69, 9.17) is 5.73 Å². The molecule has 8 heteroatoms. The first-order chi connectivity index (χ1) is 16.0. The van der Waals surface area contributed by atoms with Gasteiger partial charge in [0.2, 0.25) is 11.8 Å². The third-order valence-electron chi connectivity index (χ3n) is 5.84. The highest BCUT2D eigenvalue weighted by Crippen LogP contribution is 2.09. The molecule has 1 saturated heterocycles. The highest BCUT2D eigenvalue weighted by Gasteiger charge is 2.24. The van der Waals surface area contributed by atoms with Crippen LogP contribution in [-0.4, -0.2) is 68.7 Å². The molecule has 0 aromatic heterocycles. The van der Waals surface area contributed by atoms with E-state index < -0.39 is 12.1 Å². The van der Waals surface area contributed by atoms with Crippen LogP contribution < -0.4 is 21.7 Å². The van der Waals surface area contributed by atoms with Gasteiger partial charge in [0.25, 0.3) is 0 Å². The molecule has 2 rings (SSSR count). The van der Waals surface area contributed by atoms with Gasteiger partial charge >= 0.3 is 0 Å². The minimum Gasteiger partial charge on any atom is -0.393 e. The predicted molar refractivity (Wildman–Crippen MR) is 134 cm³/mol. The Morgan fingerprint density at radius 1 is 1.15 bits per heavy atom. The standard InChI is InChI=1S/C25H40N6O2/c1-27-19-21(28-2)18-22(26)24(32)30-23(17-20-11-5-3-6-12-20)25(33)29-13-7-4-8-14-31-15-9-10-16-31/h3,5-6,11-12,19,22-23,27H,2,4,7-10,13-18,26H2,1H3,(H,29,33)(H,30,32)/b21-19-/t22-,23-/m0/s1. The van der Waals surface area contributed by atoms with Gasteiger partial charge in [0.15, 0.2) is 0 Å². The lowest BCUT2D eigenvalue weighted by atomic mass is 10.0. The summed E-state index contributed by atoms with van der Waals surface area (Å²) in [4.78, 5) is 32.0. The van der Waals surface area contributed by atoms with Gasteiger partial charge in [0.1, 0.15) is 6.04 Å². The van der Waals surface area contributed by atoms with Gasteiger partial charge in [-0.05, 0) is 57.6 Å². The van der Waals surface area contributed by atoms with E-state index in [1.165, 1.54) is 25.9 Å². The molecule has 0 bridgehead atoms. The number of carbonyl (C=O) groups excluding carboxylic acids is 2. The molecule has 0 aliphatic carbocycles. The number of unbranched alkanes of at least 4 members (excludes halogenated alkanes) is 2. The second-order valence-corrected chi connectivity index (χ2v) is 8.54. The molecule has 0 saturated carbocycles. The summed E-state index contributed by atoms with van der Waals surface area (Å²) >= 11 is 0. The van der Waals surface area contributed by atoms with E-state index >= 15 is 0 Å². The van der Waals surface area contributed by atoms with Crippen molar-refractivity contribution in [1.82, 2.24) is 20.9 Å². The summed E-state index contributed by atoms with van der Waals surface area (Å²) in [5.41, 5.74) is 7.62. The number of rotatable bonds is 15. The quantitative estimate of drug-likeness (QED) is 0.236. The van der Waals surface area contributed by atoms with Gasteiger partial charge in [-0.25, -0.2) is 0 Å². The highest BCUT2D eigenvalue weighted by atomic mass is 16.2. The zero-order chi connectivity index (χ0) is 23.9. The van der Waals surface area contributed by atoms with Crippen molar-refractivity contribution in [1.29, 1.82) is 0 Å². The predicted octanol–water partition coefficient (Wildman–Crippen LogP) is 1.58. The molecular weight excluding hydrogens is 416 g/mol. The number of nitrogens with two attached hydrogens (primary N) is 1. The minimum absolute atomic E-state index is 0.188. The van der Waals surface area contributed by atoms with Crippen LogP contribution in [0.3, 0.4) is 0 Å². The normalized spacial score (nSPS) is 16.1. The van der Waals surface area contributed by atoms with Gasteiger partial charge in [-0.1, -0.05) is 36.8 Å². The summed E-state index contributed by atoms with van der Waals surface area (Å²) < 4.78 is 0. The van der Waals surface area contributed by atoms with Gasteiger partial charge in [-0.3, -0.25) is 14.6 Å². The maximum atomic E-state index is 12.9. The van der Waals surface area contributed by atoms with Crippen LogP contribution in [-0.2, 0) is 16.0 Å². The maximum Gasteiger partial charge on any atom is 0.242 e. The van der Waals surface area contributed by atoms with Crippen LogP contribution in [0.25, 0.3) is 0 Å².